The lowest BCUT2D eigenvalue weighted by molar-refractivity contribution is -0.141. The van der Waals surface area contributed by atoms with Crippen molar-refractivity contribution in [2.75, 3.05) is 6.54 Å². The summed E-state index contributed by atoms with van der Waals surface area (Å²) in [6, 6.07) is -0.0116. The molecule has 0 aromatic heterocycles. The first-order valence-electron chi connectivity index (χ1n) is 5.69. The smallest absolute Gasteiger partial charge is 0.325 e. The van der Waals surface area contributed by atoms with Gasteiger partial charge in [-0.15, -0.1) is 0 Å². The molecule has 5 heteroatoms. The fourth-order valence-corrected chi connectivity index (χ4v) is 2.07. The van der Waals surface area contributed by atoms with Gasteiger partial charge in [-0.1, -0.05) is 0 Å². The van der Waals surface area contributed by atoms with E-state index in [0.717, 1.165) is 12.8 Å². The third-order valence-electron chi connectivity index (χ3n) is 3.21. The van der Waals surface area contributed by atoms with Gasteiger partial charge in [0.1, 0.15) is 6.04 Å². The van der Waals surface area contributed by atoms with Gasteiger partial charge >= 0.3 is 5.97 Å². The first-order chi connectivity index (χ1) is 7.41. The van der Waals surface area contributed by atoms with Gasteiger partial charge in [-0.25, -0.2) is 0 Å². The van der Waals surface area contributed by atoms with Gasteiger partial charge in [-0.05, 0) is 33.6 Å². The first kappa shape index (κ1) is 13.0. The monoisotopic (exact) mass is 228 g/mol. The Labute approximate surface area is 95.8 Å². The lowest BCUT2D eigenvalue weighted by atomic mass is 10.2. The maximum atomic E-state index is 11.6. The number of aliphatic carboxylic acids is 1. The summed E-state index contributed by atoms with van der Waals surface area (Å²) >= 11 is 0. The van der Waals surface area contributed by atoms with Crippen molar-refractivity contribution in [2.45, 2.75) is 51.7 Å². The van der Waals surface area contributed by atoms with E-state index in [4.69, 9.17) is 5.11 Å². The van der Waals surface area contributed by atoms with E-state index in [1.807, 2.05) is 0 Å². The van der Waals surface area contributed by atoms with Crippen molar-refractivity contribution >= 4 is 11.9 Å². The van der Waals surface area contributed by atoms with E-state index in [-0.39, 0.29) is 5.91 Å². The number of rotatable bonds is 4. The molecule has 2 N–H and O–H groups in total. The van der Waals surface area contributed by atoms with Crippen molar-refractivity contribution in [1.29, 1.82) is 0 Å². The summed E-state index contributed by atoms with van der Waals surface area (Å²) < 4.78 is 0. The number of amides is 1. The third kappa shape index (κ3) is 3.20. The fourth-order valence-electron chi connectivity index (χ4n) is 2.07. The summed E-state index contributed by atoms with van der Waals surface area (Å²) in [5, 5.41) is 11.1. The standard InChI is InChI=1S/C11H20N2O3/c1-7-4-5-8(2)13(7)6-10(14)12-9(3)11(15)16/h7-9H,4-6H2,1-3H3,(H,12,14)(H,15,16)/t7?,8?,9-/m0/s1. The molecule has 0 aromatic rings. The Kier molecular flexibility index (Phi) is 4.29. The minimum absolute atomic E-state index is 0.212. The Morgan fingerprint density at radius 3 is 2.31 bits per heavy atom. The van der Waals surface area contributed by atoms with E-state index < -0.39 is 12.0 Å². The van der Waals surface area contributed by atoms with Crippen LogP contribution in [0.2, 0.25) is 0 Å². The molecular weight excluding hydrogens is 208 g/mol. The van der Waals surface area contributed by atoms with E-state index in [1.165, 1.54) is 6.92 Å². The van der Waals surface area contributed by atoms with Gasteiger partial charge in [0, 0.05) is 12.1 Å². The van der Waals surface area contributed by atoms with Crippen molar-refractivity contribution in [3.8, 4) is 0 Å². The highest BCUT2D eigenvalue weighted by Crippen LogP contribution is 2.22. The fraction of sp³-hybridized carbons (Fsp3) is 0.818. The van der Waals surface area contributed by atoms with Gasteiger partial charge < -0.3 is 10.4 Å². The highest BCUT2D eigenvalue weighted by atomic mass is 16.4. The van der Waals surface area contributed by atoms with Gasteiger partial charge in [0.15, 0.2) is 0 Å². The maximum Gasteiger partial charge on any atom is 0.325 e. The number of carboxylic acid groups (broad SMARTS) is 1. The molecule has 92 valence electrons. The second-order valence-electron chi connectivity index (χ2n) is 4.58. The average Bonchev–Trinajstić information content (AvgIpc) is 2.49. The number of hydrogen-bond donors (Lipinski definition) is 2. The molecule has 5 nitrogen and oxygen atoms in total. The Bertz CT molecular complexity index is 270. The molecular formula is C11H20N2O3. The highest BCUT2D eigenvalue weighted by Gasteiger charge is 2.29. The molecule has 16 heavy (non-hydrogen) atoms. The Balaban J connectivity index is 2.42. The van der Waals surface area contributed by atoms with Crippen LogP contribution in [0.25, 0.3) is 0 Å². The number of carbonyl (C=O) groups excluding carboxylic acids is 1. The Morgan fingerprint density at radius 2 is 1.88 bits per heavy atom. The quantitative estimate of drug-likeness (QED) is 0.733. The van der Waals surface area contributed by atoms with Crippen molar-refractivity contribution in [3.63, 3.8) is 0 Å². The van der Waals surface area contributed by atoms with E-state index in [2.05, 4.69) is 24.1 Å². The second kappa shape index (κ2) is 5.30. The van der Waals surface area contributed by atoms with Gasteiger partial charge in [0.25, 0.3) is 0 Å². The molecule has 1 saturated heterocycles. The zero-order valence-electron chi connectivity index (χ0n) is 10.1. The summed E-state index contributed by atoms with van der Waals surface area (Å²) in [6.45, 7) is 5.95. The molecule has 0 spiro atoms. The van der Waals surface area contributed by atoms with Gasteiger partial charge in [-0.3, -0.25) is 14.5 Å². The zero-order valence-corrected chi connectivity index (χ0v) is 10.1. The molecule has 2 unspecified atom stereocenters. The number of carboxylic acids is 1. The van der Waals surface area contributed by atoms with E-state index in [0.29, 0.717) is 18.6 Å². The summed E-state index contributed by atoms with van der Waals surface area (Å²) in [5.74, 6) is -1.22. The van der Waals surface area contributed by atoms with Gasteiger partial charge in [0.05, 0.1) is 6.54 Å². The molecule has 0 aliphatic carbocycles. The van der Waals surface area contributed by atoms with Crippen LogP contribution in [0.15, 0.2) is 0 Å². The number of nitrogens with zero attached hydrogens (tertiary/aromatic N) is 1. The molecule has 1 heterocycles. The largest absolute Gasteiger partial charge is 0.480 e. The SMILES string of the molecule is CC1CCC(C)N1CC(=O)N[C@@H](C)C(=O)O. The number of nitrogens with one attached hydrogen (secondary N) is 1. The summed E-state index contributed by atoms with van der Waals surface area (Å²) in [4.78, 5) is 24.3. The molecule has 0 bridgehead atoms. The topological polar surface area (TPSA) is 69.6 Å². The lowest BCUT2D eigenvalue weighted by Gasteiger charge is -2.25. The summed E-state index contributed by atoms with van der Waals surface area (Å²) in [6.07, 6.45) is 2.20. The van der Waals surface area contributed by atoms with Crippen LogP contribution in [0.5, 0.6) is 0 Å². The van der Waals surface area contributed by atoms with Crippen LogP contribution in [0.4, 0.5) is 0 Å². The molecule has 0 aromatic carbocycles. The zero-order chi connectivity index (χ0) is 12.3. The minimum Gasteiger partial charge on any atom is -0.480 e. The van der Waals surface area contributed by atoms with Crippen LogP contribution in [-0.2, 0) is 9.59 Å². The number of likely N-dealkylation sites (tertiary alicyclic amines) is 1. The molecule has 0 saturated carbocycles. The number of hydrogen-bond acceptors (Lipinski definition) is 3. The highest BCUT2D eigenvalue weighted by molar-refractivity contribution is 5.84. The lowest BCUT2D eigenvalue weighted by Crippen LogP contribution is -2.46. The van der Waals surface area contributed by atoms with Crippen LogP contribution >= 0.6 is 0 Å². The van der Waals surface area contributed by atoms with Crippen LogP contribution in [0, 0.1) is 0 Å². The van der Waals surface area contributed by atoms with Crippen molar-refractivity contribution in [3.05, 3.63) is 0 Å². The molecule has 1 rings (SSSR count). The first-order valence-corrected chi connectivity index (χ1v) is 5.69. The van der Waals surface area contributed by atoms with E-state index >= 15 is 0 Å². The predicted molar refractivity (Wildman–Crippen MR) is 60.1 cm³/mol. The van der Waals surface area contributed by atoms with Gasteiger partial charge in [0.2, 0.25) is 5.91 Å². The van der Waals surface area contributed by atoms with Crippen LogP contribution < -0.4 is 5.32 Å². The number of carbonyl (C=O) groups is 2. The van der Waals surface area contributed by atoms with Crippen LogP contribution in [-0.4, -0.2) is 46.6 Å². The molecule has 1 aliphatic heterocycles. The van der Waals surface area contributed by atoms with Crippen molar-refractivity contribution in [1.82, 2.24) is 10.2 Å². The molecule has 1 fully saturated rings. The molecule has 0 radical (unpaired) electrons. The molecule has 1 amide bonds. The molecule has 3 atom stereocenters. The van der Waals surface area contributed by atoms with E-state index in [1.54, 1.807) is 0 Å². The third-order valence-corrected chi connectivity index (χ3v) is 3.21. The van der Waals surface area contributed by atoms with Crippen LogP contribution in [0.3, 0.4) is 0 Å². The minimum atomic E-state index is -1.00. The second-order valence-corrected chi connectivity index (χ2v) is 4.58. The molecule has 1 aliphatic rings. The maximum absolute atomic E-state index is 11.6. The summed E-state index contributed by atoms with van der Waals surface area (Å²) in [7, 11) is 0. The van der Waals surface area contributed by atoms with Gasteiger partial charge in [-0.2, -0.15) is 0 Å². The van der Waals surface area contributed by atoms with E-state index in [9.17, 15) is 9.59 Å². The Hall–Kier alpha value is -1.10. The van der Waals surface area contributed by atoms with Crippen molar-refractivity contribution < 1.29 is 14.7 Å². The Morgan fingerprint density at radius 1 is 1.38 bits per heavy atom. The summed E-state index contributed by atoms with van der Waals surface area (Å²) in [5.41, 5.74) is 0. The normalized spacial score (nSPS) is 27.7. The predicted octanol–water partition coefficient (Wildman–Crippen LogP) is 0.449. The van der Waals surface area contributed by atoms with Crippen LogP contribution in [0.1, 0.15) is 33.6 Å². The van der Waals surface area contributed by atoms with Crippen molar-refractivity contribution in [2.24, 2.45) is 0 Å². The average molecular weight is 228 g/mol.